The molecule has 1 aliphatic rings. The highest BCUT2D eigenvalue weighted by atomic mass is 32.1. The summed E-state index contributed by atoms with van der Waals surface area (Å²) in [6.45, 7) is 9.31. The first kappa shape index (κ1) is 18.9. The number of ether oxygens (including phenoxy) is 1. The molecule has 1 N–H and O–H groups in total. The predicted molar refractivity (Wildman–Crippen MR) is 106 cm³/mol. The van der Waals surface area contributed by atoms with Gasteiger partial charge in [-0.3, -0.25) is 15.0 Å². The minimum atomic E-state index is -0.186. The fourth-order valence-corrected chi connectivity index (χ4v) is 3.76. The van der Waals surface area contributed by atoms with Crippen LogP contribution in [0.1, 0.15) is 49.7 Å². The van der Waals surface area contributed by atoms with E-state index >= 15 is 0 Å². The van der Waals surface area contributed by atoms with E-state index in [4.69, 9.17) is 4.74 Å². The Labute approximate surface area is 159 Å². The third-order valence-corrected chi connectivity index (χ3v) is 5.33. The summed E-state index contributed by atoms with van der Waals surface area (Å²) in [4.78, 5) is 19.6. The number of aromatic nitrogens is 1. The van der Waals surface area contributed by atoms with Crippen molar-refractivity contribution < 1.29 is 9.53 Å². The van der Waals surface area contributed by atoms with Crippen molar-refractivity contribution in [2.24, 2.45) is 5.92 Å². The molecule has 0 bridgehead atoms. The lowest BCUT2D eigenvalue weighted by Crippen LogP contribution is -2.32. The van der Waals surface area contributed by atoms with Crippen molar-refractivity contribution in [3.8, 4) is 5.75 Å². The largest absolute Gasteiger partial charge is 0.490 e. The molecule has 0 radical (unpaired) electrons. The van der Waals surface area contributed by atoms with Crippen LogP contribution in [0.25, 0.3) is 0 Å². The van der Waals surface area contributed by atoms with Crippen LogP contribution in [0.3, 0.4) is 0 Å². The molecule has 1 fully saturated rings. The zero-order chi connectivity index (χ0) is 18.5. The summed E-state index contributed by atoms with van der Waals surface area (Å²) in [6, 6.07) is 7.30. The standard InChI is InChI=1S/C20H27N3O2S/c1-14(2)25-18-7-5-4-6-17(18)19(24)22-20-21-16(13-26-20)12-23-10-8-15(3)9-11-23/h4-7,13-15H,8-12H2,1-3H3,(H,21,22,24). The maximum atomic E-state index is 12.6. The second-order valence-corrected chi connectivity index (χ2v) is 8.08. The molecule has 140 valence electrons. The number of carbonyl (C=O) groups is 1. The summed E-state index contributed by atoms with van der Waals surface area (Å²) in [6.07, 6.45) is 2.52. The van der Waals surface area contributed by atoms with Crippen LogP contribution in [0.15, 0.2) is 29.6 Å². The number of likely N-dealkylation sites (tertiary alicyclic amines) is 1. The van der Waals surface area contributed by atoms with E-state index in [9.17, 15) is 4.79 Å². The first-order valence-electron chi connectivity index (χ1n) is 9.25. The number of amides is 1. The van der Waals surface area contributed by atoms with E-state index in [1.54, 1.807) is 6.07 Å². The van der Waals surface area contributed by atoms with Crippen LogP contribution < -0.4 is 10.1 Å². The van der Waals surface area contributed by atoms with E-state index in [-0.39, 0.29) is 12.0 Å². The van der Waals surface area contributed by atoms with Gasteiger partial charge in [0.05, 0.1) is 17.4 Å². The van der Waals surface area contributed by atoms with Crippen molar-refractivity contribution in [2.75, 3.05) is 18.4 Å². The van der Waals surface area contributed by atoms with Gasteiger partial charge in [-0.05, 0) is 57.8 Å². The number of rotatable bonds is 6. The molecule has 0 spiro atoms. The van der Waals surface area contributed by atoms with Crippen LogP contribution in [-0.2, 0) is 6.54 Å². The topological polar surface area (TPSA) is 54.5 Å². The second kappa shape index (κ2) is 8.64. The quantitative estimate of drug-likeness (QED) is 0.815. The maximum absolute atomic E-state index is 12.6. The molecule has 0 atom stereocenters. The lowest BCUT2D eigenvalue weighted by Gasteiger charge is -2.29. The number of hydrogen-bond acceptors (Lipinski definition) is 5. The van der Waals surface area contributed by atoms with Crippen LogP contribution in [0.2, 0.25) is 0 Å². The Morgan fingerprint density at radius 3 is 2.81 bits per heavy atom. The number of thiazole rings is 1. The number of benzene rings is 1. The van der Waals surface area contributed by atoms with Crippen LogP contribution in [0.5, 0.6) is 5.75 Å². The normalized spacial score (nSPS) is 16.0. The van der Waals surface area contributed by atoms with Gasteiger partial charge in [0.15, 0.2) is 5.13 Å². The number of hydrogen-bond donors (Lipinski definition) is 1. The van der Waals surface area contributed by atoms with E-state index in [1.807, 2.05) is 37.4 Å². The molecule has 3 rings (SSSR count). The highest BCUT2D eigenvalue weighted by Crippen LogP contribution is 2.24. The Bertz CT molecular complexity index is 736. The van der Waals surface area contributed by atoms with Gasteiger partial charge in [-0.1, -0.05) is 19.1 Å². The Morgan fingerprint density at radius 1 is 1.35 bits per heavy atom. The Balaban J connectivity index is 1.61. The summed E-state index contributed by atoms with van der Waals surface area (Å²) < 4.78 is 5.73. The van der Waals surface area contributed by atoms with E-state index in [2.05, 4.69) is 22.1 Å². The smallest absolute Gasteiger partial charge is 0.261 e. The maximum Gasteiger partial charge on any atom is 0.261 e. The zero-order valence-electron chi connectivity index (χ0n) is 15.7. The van der Waals surface area contributed by atoms with Crippen LogP contribution in [0, 0.1) is 5.92 Å². The SMILES string of the molecule is CC1CCN(Cc2csc(NC(=O)c3ccccc3OC(C)C)n2)CC1. The lowest BCUT2D eigenvalue weighted by molar-refractivity contribution is 0.102. The van der Waals surface area contributed by atoms with Crippen molar-refractivity contribution >= 4 is 22.4 Å². The van der Waals surface area contributed by atoms with E-state index in [0.717, 1.165) is 31.2 Å². The van der Waals surface area contributed by atoms with Crippen molar-refractivity contribution in [1.82, 2.24) is 9.88 Å². The molecule has 2 aromatic rings. The monoisotopic (exact) mass is 373 g/mol. The molecule has 1 amide bonds. The molecule has 1 aliphatic heterocycles. The minimum absolute atomic E-state index is 0.0164. The number of piperidine rings is 1. The molecule has 1 aromatic carbocycles. The fraction of sp³-hybridized carbons (Fsp3) is 0.500. The van der Waals surface area contributed by atoms with Crippen LogP contribution in [-0.4, -0.2) is 35.0 Å². The van der Waals surface area contributed by atoms with Gasteiger partial charge in [0.25, 0.3) is 5.91 Å². The van der Waals surface area contributed by atoms with Crippen molar-refractivity contribution in [1.29, 1.82) is 0 Å². The molecular formula is C20H27N3O2S. The van der Waals surface area contributed by atoms with Crippen molar-refractivity contribution in [3.05, 3.63) is 40.9 Å². The lowest BCUT2D eigenvalue weighted by atomic mass is 9.99. The highest BCUT2D eigenvalue weighted by molar-refractivity contribution is 7.14. The molecule has 0 unspecified atom stereocenters. The third kappa shape index (κ3) is 5.05. The van der Waals surface area contributed by atoms with Crippen LogP contribution in [0.4, 0.5) is 5.13 Å². The Kier molecular flexibility index (Phi) is 6.27. The molecular weight excluding hydrogens is 346 g/mol. The van der Waals surface area contributed by atoms with E-state index < -0.39 is 0 Å². The first-order valence-corrected chi connectivity index (χ1v) is 10.1. The van der Waals surface area contributed by atoms with Gasteiger partial charge in [0.2, 0.25) is 0 Å². The molecule has 0 aliphatic carbocycles. The second-order valence-electron chi connectivity index (χ2n) is 7.22. The Morgan fingerprint density at radius 2 is 2.08 bits per heavy atom. The van der Waals surface area contributed by atoms with Crippen LogP contribution >= 0.6 is 11.3 Å². The van der Waals surface area contributed by atoms with Gasteiger partial charge in [-0.15, -0.1) is 11.3 Å². The van der Waals surface area contributed by atoms with Gasteiger partial charge >= 0.3 is 0 Å². The molecule has 6 heteroatoms. The van der Waals surface area contributed by atoms with Crippen molar-refractivity contribution in [2.45, 2.75) is 46.3 Å². The summed E-state index contributed by atoms with van der Waals surface area (Å²) >= 11 is 1.47. The number of carbonyl (C=O) groups excluding carboxylic acids is 1. The molecule has 26 heavy (non-hydrogen) atoms. The molecule has 1 aromatic heterocycles. The average Bonchev–Trinajstić information content (AvgIpc) is 3.04. The first-order chi connectivity index (χ1) is 12.5. The Hall–Kier alpha value is -1.92. The van der Waals surface area contributed by atoms with E-state index in [0.29, 0.717) is 16.4 Å². The summed E-state index contributed by atoms with van der Waals surface area (Å²) in [5.74, 6) is 1.23. The molecule has 1 saturated heterocycles. The minimum Gasteiger partial charge on any atom is -0.490 e. The van der Waals surface area contributed by atoms with Gasteiger partial charge in [-0.2, -0.15) is 0 Å². The third-order valence-electron chi connectivity index (χ3n) is 4.53. The van der Waals surface area contributed by atoms with Gasteiger partial charge < -0.3 is 4.74 Å². The zero-order valence-corrected chi connectivity index (χ0v) is 16.5. The number of para-hydroxylation sites is 1. The average molecular weight is 374 g/mol. The molecule has 2 heterocycles. The number of anilines is 1. The highest BCUT2D eigenvalue weighted by Gasteiger charge is 2.18. The van der Waals surface area contributed by atoms with Gasteiger partial charge in [-0.25, -0.2) is 4.98 Å². The summed E-state index contributed by atoms with van der Waals surface area (Å²) in [7, 11) is 0. The summed E-state index contributed by atoms with van der Waals surface area (Å²) in [5, 5.41) is 5.57. The van der Waals surface area contributed by atoms with Gasteiger partial charge in [0.1, 0.15) is 5.75 Å². The summed E-state index contributed by atoms with van der Waals surface area (Å²) in [5.41, 5.74) is 1.55. The van der Waals surface area contributed by atoms with Crippen molar-refractivity contribution in [3.63, 3.8) is 0 Å². The molecule has 0 saturated carbocycles. The van der Waals surface area contributed by atoms with Gasteiger partial charge in [0, 0.05) is 11.9 Å². The fourth-order valence-electron chi connectivity index (χ4n) is 3.06. The predicted octanol–water partition coefficient (Wildman–Crippen LogP) is 4.41. The van der Waals surface area contributed by atoms with E-state index in [1.165, 1.54) is 24.2 Å². The molecule has 5 nitrogen and oxygen atoms in total. The number of nitrogens with one attached hydrogen (secondary N) is 1. The number of nitrogens with zero attached hydrogens (tertiary/aromatic N) is 2.